The first kappa shape index (κ1) is 18.2. The topological polar surface area (TPSA) is 26.3 Å². The number of carbonyl (C=O) groups is 1. The monoisotopic (exact) mass is 328 g/mol. The summed E-state index contributed by atoms with van der Waals surface area (Å²) in [4.78, 5) is 10.9. The summed E-state index contributed by atoms with van der Waals surface area (Å²) < 4.78 is 18.3. The third-order valence-electron chi connectivity index (χ3n) is 4.18. The second kappa shape index (κ2) is 9.86. The van der Waals surface area contributed by atoms with Gasteiger partial charge in [0.25, 0.3) is 0 Å². The summed E-state index contributed by atoms with van der Waals surface area (Å²) in [5, 5.41) is 0. The van der Waals surface area contributed by atoms with Gasteiger partial charge in [-0.2, -0.15) is 0 Å². The highest BCUT2D eigenvalue weighted by atomic mass is 19.1. The minimum atomic E-state index is -0.152. The zero-order valence-corrected chi connectivity index (χ0v) is 14.3. The molecule has 2 aromatic carbocycles. The molecule has 0 aliphatic heterocycles. The van der Waals surface area contributed by atoms with Crippen molar-refractivity contribution >= 4 is 6.29 Å². The molecule has 2 rings (SSSR count). The lowest BCUT2D eigenvalue weighted by Crippen LogP contribution is -1.93. The number of hydrogen-bond donors (Lipinski definition) is 0. The van der Waals surface area contributed by atoms with Crippen LogP contribution in [-0.2, 0) is 12.8 Å². The zero-order valence-electron chi connectivity index (χ0n) is 14.3. The van der Waals surface area contributed by atoms with Gasteiger partial charge >= 0.3 is 0 Å². The number of aryl methyl sites for hydroxylation is 2. The average Bonchev–Trinajstić information content (AvgIpc) is 2.60. The van der Waals surface area contributed by atoms with E-state index in [9.17, 15) is 9.18 Å². The van der Waals surface area contributed by atoms with Crippen molar-refractivity contribution in [3.8, 4) is 5.75 Å². The highest BCUT2D eigenvalue weighted by Gasteiger charge is 2.02. The van der Waals surface area contributed by atoms with Crippen molar-refractivity contribution in [2.24, 2.45) is 0 Å². The van der Waals surface area contributed by atoms with Gasteiger partial charge in [0.05, 0.1) is 7.11 Å². The van der Waals surface area contributed by atoms with Crippen LogP contribution in [-0.4, -0.2) is 13.4 Å². The first-order valence-electron chi connectivity index (χ1n) is 8.59. The maximum atomic E-state index is 13.1. The van der Waals surface area contributed by atoms with Crippen molar-refractivity contribution in [3.05, 3.63) is 65.0 Å². The molecule has 0 radical (unpaired) electrons. The Morgan fingerprint density at radius 2 is 1.62 bits per heavy atom. The van der Waals surface area contributed by atoms with Gasteiger partial charge in [0.15, 0.2) is 0 Å². The molecule has 0 aliphatic rings. The molecule has 24 heavy (non-hydrogen) atoms. The molecule has 0 spiro atoms. The van der Waals surface area contributed by atoms with E-state index in [1.165, 1.54) is 12.5 Å². The predicted molar refractivity (Wildman–Crippen MR) is 95.3 cm³/mol. The molecule has 2 nitrogen and oxygen atoms in total. The van der Waals surface area contributed by atoms with Gasteiger partial charge in [0.1, 0.15) is 17.9 Å². The van der Waals surface area contributed by atoms with Gasteiger partial charge in [0.2, 0.25) is 0 Å². The van der Waals surface area contributed by atoms with E-state index in [4.69, 9.17) is 4.74 Å². The lowest BCUT2D eigenvalue weighted by molar-refractivity contribution is 0.112. The fraction of sp³-hybridized carbons (Fsp3) is 0.381. The van der Waals surface area contributed by atoms with Gasteiger partial charge < -0.3 is 4.74 Å². The molecular weight excluding hydrogens is 303 g/mol. The molecule has 128 valence electrons. The summed E-state index contributed by atoms with van der Waals surface area (Å²) in [5.41, 5.74) is 2.89. The van der Waals surface area contributed by atoms with Crippen LogP contribution in [0.4, 0.5) is 4.39 Å². The summed E-state index contributed by atoms with van der Waals surface area (Å²) in [5.74, 6) is 0.588. The first-order valence-corrected chi connectivity index (χ1v) is 8.59. The molecule has 0 heterocycles. The number of carbonyl (C=O) groups excluding carboxylic acids is 1. The van der Waals surface area contributed by atoms with Crippen LogP contribution in [0.15, 0.2) is 42.5 Å². The third kappa shape index (κ3) is 6.15. The van der Waals surface area contributed by atoms with Crippen LogP contribution in [0.3, 0.4) is 0 Å². The lowest BCUT2D eigenvalue weighted by Gasteiger charge is -2.07. The van der Waals surface area contributed by atoms with Crippen molar-refractivity contribution in [1.82, 2.24) is 0 Å². The van der Waals surface area contributed by atoms with Crippen LogP contribution in [0, 0.1) is 5.82 Å². The molecule has 2 aromatic rings. The van der Waals surface area contributed by atoms with Crippen LogP contribution < -0.4 is 4.74 Å². The average molecular weight is 328 g/mol. The Balaban J connectivity index is 1.64. The van der Waals surface area contributed by atoms with Crippen LogP contribution >= 0.6 is 0 Å². The maximum absolute atomic E-state index is 13.1. The predicted octanol–water partition coefficient (Wildman–Crippen LogP) is 5.38. The van der Waals surface area contributed by atoms with E-state index in [2.05, 4.69) is 0 Å². The first-order chi connectivity index (χ1) is 11.7. The molecule has 0 saturated carbocycles. The SMILES string of the molecule is COc1cc(C=O)cc(CCCCCCCc2cccc(F)c2)c1. The standard InChI is InChI=1S/C21H25FO2/c1-24-21-14-18(12-19(15-21)16-23)9-6-4-2-3-5-8-17-10-7-11-20(22)13-17/h7,10-16H,2-6,8-9H2,1H3. The van der Waals surface area contributed by atoms with Crippen molar-refractivity contribution in [3.63, 3.8) is 0 Å². The summed E-state index contributed by atoms with van der Waals surface area (Å²) >= 11 is 0. The van der Waals surface area contributed by atoms with Crippen LogP contribution in [0.2, 0.25) is 0 Å². The molecule has 0 amide bonds. The van der Waals surface area contributed by atoms with Gasteiger partial charge in [-0.05, 0) is 67.1 Å². The Morgan fingerprint density at radius 1 is 0.917 bits per heavy atom. The maximum Gasteiger partial charge on any atom is 0.150 e. The molecule has 0 fully saturated rings. The number of rotatable bonds is 10. The van der Waals surface area contributed by atoms with E-state index in [0.717, 1.165) is 61.7 Å². The van der Waals surface area contributed by atoms with E-state index >= 15 is 0 Å². The normalized spacial score (nSPS) is 10.6. The smallest absolute Gasteiger partial charge is 0.150 e. The van der Waals surface area contributed by atoms with Crippen LogP contribution in [0.1, 0.15) is 53.6 Å². The lowest BCUT2D eigenvalue weighted by atomic mass is 10.0. The quantitative estimate of drug-likeness (QED) is 0.432. The van der Waals surface area contributed by atoms with Gasteiger partial charge in [-0.15, -0.1) is 0 Å². The second-order valence-electron chi connectivity index (χ2n) is 6.13. The molecule has 0 atom stereocenters. The van der Waals surface area contributed by atoms with E-state index < -0.39 is 0 Å². The minimum Gasteiger partial charge on any atom is -0.497 e. The molecule has 0 saturated heterocycles. The molecule has 3 heteroatoms. The van der Waals surface area contributed by atoms with Crippen molar-refractivity contribution < 1.29 is 13.9 Å². The van der Waals surface area contributed by atoms with Crippen molar-refractivity contribution in [1.29, 1.82) is 0 Å². The second-order valence-corrected chi connectivity index (χ2v) is 6.13. The summed E-state index contributed by atoms with van der Waals surface area (Å²) in [7, 11) is 1.62. The highest BCUT2D eigenvalue weighted by Crippen LogP contribution is 2.18. The number of aldehydes is 1. The van der Waals surface area contributed by atoms with Crippen LogP contribution in [0.25, 0.3) is 0 Å². The van der Waals surface area contributed by atoms with Crippen LogP contribution in [0.5, 0.6) is 5.75 Å². The molecular formula is C21H25FO2. The van der Waals surface area contributed by atoms with E-state index in [1.54, 1.807) is 25.3 Å². The van der Waals surface area contributed by atoms with E-state index in [1.807, 2.05) is 18.2 Å². The molecule has 0 N–H and O–H groups in total. The molecule has 0 aliphatic carbocycles. The van der Waals surface area contributed by atoms with E-state index in [-0.39, 0.29) is 5.82 Å². The van der Waals surface area contributed by atoms with Gasteiger partial charge in [0, 0.05) is 5.56 Å². The molecule has 0 unspecified atom stereocenters. The number of ether oxygens (including phenoxy) is 1. The number of unbranched alkanes of at least 4 members (excludes halogenated alkanes) is 4. The Bertz CT molecular complexity index is 652. The fourth-order valence-electron chi connectivity index (χ4n) is 2.90. The Hall–Kier alpha value is -2.16. The summed E-state index contributed by atoms with van der Waals surface area (Å²) in [6.07, 6.45) is 8.46. The number of halogens is 1. The summed E-state index contributed by atoms with van der Waals surface area (Å²) in [6.45, 7) is 0. The van der Waals surface area contributed by atoms with Gasteiger partial charge in [-0.3, -0.25) is 4.79 Å². The molecule has 0 aromatic heterocycles. The Kier molecular flexibility index (Phi) is 7.47. The fourth-order valence-corrected chi connectivity index (χ4v) is 2.90. The Labute approximate surface area is 143 Å². The minimum absolute atomic E-state index is 0.152. The zero-order chi connectivity index (χ0) is 17.2. The van der Waals surface area contributed by atoms with Gasteiger partial charge in [-0.1, -0.05) is 31.4 Å². The highest BCUT2D eigenvalue weighted by molar-refractivity contribution is 5.76. The van der Waals surface area contributed by atoms with Crippen molar-refractivity contribution in [2.45, 2.75) is 44.9 Å². The molecule has 0 bridgehead atoms. The largest absolute Gasteiger partial charge is 0.497 e. The van der Waals surface area contributed by atoms with E-state index in [0.29, 0.717) is 5.56 Å². The Morgan fingerprint density at radius 3 is 2.29 bits per heavy atom. The number of hydrogen-bond acceptors (Lipinski definition) is 2. The third-order valence-corrected chi connectivity index (χ3v) is 4.18. The number of methoxy groups -OCH3 is 1. The summed E-state index contributed by atoms with van der Waals surface area (Å²) in [6, 6.07) is 12.5. The van der Waals surface area contributed by atoms with Crippen molar-refractivity contribution in [2.75, 3.05) is 7.11 Å². The number of benzene rings is 2. The van der Waals surface area contributed by atoms with Gasteiger partial charge in [-0.25, -0.2) is 4.39 Å².